The fourth-order valence-electron chi connectivity index (χ4n) is 1.28. The number of aryl methyl sites for hydroxylation is 1. The lowest BCUT2D eigenvalue weighted by Gasteiger charge is -1.92. The van der Waals surface area contributed by atoms with Gasteiger partial charge in [0.1, 0.15) is 5.52 Å². The summed E-state index contributed by atoms with van der Waals surface area (Å²) in [5.74, 6) is -1.40. The van der Waals surface area contributed by atoms with Crippen LogP contribution in [0.3, 0.4) is 0 Å². The van der Waals surface area contributed by atoms with Crippen LogP contribution in [0.1, 0.15) is 23.2 Å². The number of hydrogen-bond acceptors (Lipinski definition) is 3. The maximum atomic E-state index is 10.6. The zero-order valence-electron chi connectivity index (χ0n) is 7.65. The molecule has 1 aromatic carbocycles. The van der Waals surface area contributed by atoms with Gasteiger partial charge in [0.25, 0.3) is 0 Å². The van der Waals surface area contributed by atoms with E-state index in [1.807, 2.05) is 19.1 Å². The van der Waals surface area contributed by atoms with Crippen molar-refractivity contribution in [3.8, 4) is 0 Å². The standard InChI is InChI=1S/C10H9NO3/c1-2-6-3-4-7-8(5-6)14-9(11-7)10(12)13/h3-5H,2H2,1H3,(H,12,13). The molecule has 14 heavy (non-hydrogen) atoms. The number of carbonyl (C=O) groups is 1. The van der Waals surface area contributed by atoms with E-state index in [0.717, 1.165) is 12.0 Å². The minimum absolute atomic E-state index is 0.256. The fourth-order valence-corrected chi connectivity index (χ4v) is 1.28. The van der Waals surface area contributed by atoms with Crippen molar-refractivity contribution >= 4 is 17.1 Å². The SMILES string of the molecule is CCc1ccc2nc(C(=O)O)oc2c1. The van der Waals surface area contributed by atoms with Gasteiger partial charge < -0.3 is 9.52 Å². The number of carboxylic acids is 1. The summed E-state index contributed by atoms with van der Waals surface area (Å²) in [6, 6.07) is 5.50. The van der Waals surface area contributed by atoms with Gasteiger partial charge in [-0.1, -0.05) is 13.0 Å². The second-order valence-electron chi connectivity index (χ2n) is 2.98. The number of nitrogens with zero attached hydrogens (tertiary/aromatic N) is 1. The third-order valence-electron chi connectivity index (χ3n) is 2.04. The average molecular weight is 191 g/mol. The molecule has 0 saturated carbocycles. The lowest BCUT2D eigenvalue weighted by molar-refractivity contribution is 0.0656. The van der Waals surface area contributed by atoms with Crippen molar-refractivity contribution in [2.75, 3.05) is 0 Å². The van der Waals surface area contributed by atoms with Crippen LogP contribution in [0, 0.1) is 0 Å². The highest BCUT2D eigenvalue weighted by atomic mass is 16.4. The Labute approximate surface area is 80.2 Å². The maximum Gasteiger partial charge on any atom is 0.392 e. The summed E-state index contributed by atoms with van der Waals surface area (Å²) in [5.41, 5.74) is 2.21. The normalized spacial score (nSPS) is 10.6. The van der Waals surface area contributed by atoms with E-state index in [1.54, 1.807) is 6.07 Å². The number of aromatic carboxylic acids is 1. The molecule has 0 bridgehead atoms. The molecule has 1 aromatic heterocycles. The smallest absolute Gasteiger partial charge is 0.392 e. The Morgan fingerprint density at radius 3 is 3.00 bits per heavy atom. The second-order valence-corrected chi connectivity index (χ2v) is 2.98. The van der Waals surface area contributed by atoms with Gasteiger partial charge in [-0.2, -0.15) is 0 Å². The molecule has 0 fully saturated rings. The van der Waals surface area contributed by atoms with E-state index in [9.17, 15) is 4.79 Å². The molecule has 1 N–H and O–H groups in total. The number of fused-ring (bicyclic) bond motifs is 1. The molecule has 4 heteroatoms. The zero-order valence-corrected chi connectivity index (χ0v) is 7.65. The minimum atomic E-state index is -1.14. The monoisotopic (exact) mass is 191 g/mol. The maximum absolute atomic E-state index is 10.6. The minimum Gasteiger partial charge on any atom is -0.474 e. The number of hydrogen-bond donors (Lipinski definition) is 1. The van der Waals surface area contributed by atoms with E-state index in [-0.39, 0.29) is 5.89 Å². The van der Waals surface area contributed by atoms with Crippen molar-refractivity contribution in [3.05, 3.63) is 29.7 Å². The van der Waals surface area contributed by atoms with Crippen molar-refractivity contribution in [3.63, 3.8) is 0 Å². The largest absolute Gasteiger partial charge is 0.474 e. The summed E-state index contributed by atoms with van der Waals surface area (Å²) in [7, 11) is 0. The molecule has 0 aliphatic rings. The molecule has 0 aliphatic heterocycles. The molecule has 72 valence electrons. The molecule has 0 aliphatic carbocycles. The molecular weight excluding hydrogens is 182 g/mol. The van der Waals surface area contributed by atoms with E-state index in [0.29, 0.717) is 11.1 Å². The van der Waals surface area contributed by atoms with Crippen LogP contribution in [0.2, 0.25) is 0 Å². The first kappa shape index (κ1) is 8.74. The molecule has 1 heterocycles. The second kappa shape index (κ2) is 3.14. The first-order valence-corrected chi connectivity index (χ1v) is 4.33. The molecule has 0 radical (unpaired) electrons. The Kier molecular flexibility index (Phi) is 1.96. The number of benzene rings is 1. The predicted molar refractivity (Wildman–Crippen MR) is 50.3 cm³/mol. The molecule has 2 aromatic rings. The summed E-state index contributed by atoms with van der Waals surface area (Å²) >= 11 is 0. The lowest BCUT2D eigenvalue weighted by Crippen LogP contribution is -1.94. The van der Waals surface area contributed by atoms with Crippen LogP contribution >= 0.6 is 0 Å². The van der Waals surface area contributed by atoms with Crippen LogP contribution in [0.5, 0.6) is 0 Å². The van der Waals surface area contributed by atoms with Crippen molar-refractivity contribution in [1.29, 1.82) is 0 Å². The third kappa shape index (κ3) is 1.35. The van der Waals surface area contributed by atoms with Crippen LogP contribution in [-0.2, 0) is 6.42 Å². The van der Waals surface area contributed by atoms with Gasteiger partial charge in [-0.05, 0) is 24.1 Å². The Morgan fingerprint density at radius 1 is 1.57 bits per heavy atom. The number of aromatic nitrogens is 1. The van der Waals surface area contributed by atoms with Crippen molar-refractivity contribution in [1.82, 2.24) is 4.98 Å². The molecule has 0 amide bonds. The number of carboxylic acid groups (broad SMARTS) is 1. The van der Waals surface area contributed by atoms with Gasteiger partial charge in [-0.3, -0.25) is 0 Å². The van der Waals surface area contributed by atoms with Gasteiger partial charge in [0.15, 0.2) is 5.58 Å². The number of oxazole rings is 1. The summed E-state index contributed by atoms with van der Waals surface area (Å²) in [4.78, 5) is 14.4. The quantitative estimate of drug-likeness (QED) is 0.789. The fraction of sp³-hybridized carbons (Fsp3) is 0.200. The highest BCUT2D eigenvalue weighted by Gasteiger charge is 2.12. The van der Waals surface area contributed by atoms with Crippen LogP contribution in [0.15, 0.2) is 22.6 Å². The predicted octanol–water partition coefficient (Wildman–Crippen LogP) is 2.09. The van der Waals surface area contributed by atoms with Crippen LogP contribution in [0.25, 0.3) is 11.1 Å². The third-order valence-corrected chi connectivity index (χ3v) is 2.04. The molecule has 4 nitrogen and oxygen atoms in total. The first-order valence-electron chi connectivity index (χ1n) is 4.33. The summed E-state index contributed by atoms with van der Waals surface area (Å²) in [6.45, 7) is 2.02. The van der Waals surface area contributed by atoms with Gasteiger partial charge in [-0.15, -0.1) is 0 Å². The van der Waals surface area contributed by atoms with Crippen LogP contribution < -0.4 is 0 Å². The topological polar surface area (TPSA) is 63.3 Å². The average Bonchev–Trinajstić information content (AvgIpc) is 2.59. The van der Waals surface area contributed by atoms with Crippen molar-refractivity contribution < 1.29 is 14.3 Å². The lowest BCUT2D eigenvalue weighted by atomic mass is 10.1. The molecular formula is C10H9NO3. The molecule has 0 spiro atoms. The Hall–Kier alpha value is -1.84. The van der Waals surface area contributed by atoms with Gasteiger partial charge in [0.2, 0.25) is 0 Å². The van der Waals surface area contributed by atoms with E-state index in [4.69, 9.17) is 9.52 Å². The summed E-state index contributed by atoms with van der Waals surface area (Å²) in [6.07, 6.45) is 0.888. The van der Waals surface area contributed by atoms with E-state index < -0.39 is 5.97 Å². The Bertz CT molecular complexity index is 487. The molecule has 0 unspecified atom stereocenters. The molecule has 0 atom stereocenters. The van der Waals surface area contributed by atoms with Gasteiger partial charge >= 0.3 is 11.9 Å². The van der Waals surface area contributed by atoms with Crippen molar-refractivity contribution in [2.45, 2.75) is 13.3 Å². The van der Waals surface area contributed by atoms with E-state index >= 15 is 0 Å². The van der Waals surface area contributed by atoms with E-state index in [1.165, 1.54) is 0 Å². The van der Waals surface area contributed by atoms with Gasteiger partial charge in [-0.25, -0.2) is 9.78 Å². The molecule has 2 rings (SSSR count). The highest BCUT2D eigenvalue weighted by molar-refractivity contribution is 5.86. The zero-order chi connectivity index (χ0) is 10.1. The van der Waals surface area contributed by atoms with Crippen LogP contribution in [-0.4, -0.2) is 16.1 Å². The van der Waals surface area contributed by atoms with Crippen LogP contribution in [0.4, 0.5) is 0 Å². The Balaban J connectivity index is 2.60. The van der Waals surface area contributed by atoms with Crippen molar-refractivity contribution in [2.24, 2.45) is 0 Å². The number of rotatable bonds is 2. The summed E-state index contributed by atoms with van der Waals surface area (Å²) in [5, 5.41) is 8.66. The molecule has 0 saturated heterocycles. The first-order chi connectivity index (χ1) is 6.70. The Morgan fingerprint density at radius 2 is 2.36 bits per heavy atom. The summed E-state index contributed by atoms with van der Waals surface area (Å²) < 4.78 is 5.06. The van der Waals surface area contributed by atoms with Gasteiger partial charge in [0.05, 0.1) is 0 Å². The highest BCUT2D eigenvalue weighted by Crippen LogP contribution is 2.17. The van der Waals surface area contributed by atoms with E-state index in [2.05, 4.69) is 4.98 Å². The van der Waals surface area contributed by atoms with Gasteiger partial charge in [0, 0.05) is 0 Å².